The molecule has 0 radical (unpaired) electrons. The highest BCUT2D eigenvalue weighted by Gasteiger charge is 2.21. The second kappa shape index (κ2) is 7.06. The van der Waals surface area contributed by atoms with Crippen molar-refractivity contribution >= 4 is 11.6 Å². The van der Waals surface area contributed by atoms with E-state index in [0.29, 0.717) is 12.2 Å². The van der Waals surface area contributed by atoms with Gasteiger partial charge in [0.15, 0.2) is 5.75 Å². The van der Waals surface area contributed by atoms with Gasteiger partial charge in [-0.05, 0) is 31.9 Å². The van der Waals surface area contributed by atoms with Gasteiger partial charge in [-0.2, -0.15) is 0 Å². The molecule has 1 saturated carbocycles. The number of carbonyl (C=O) groups is 1. The van der Waals surface area contributed by atoms with Gasteiger partial charge >= 0.3 is 5.69 Å². The van der Waals surface area contributed by atoms with E-state index in [9.17, 15) is 14.9 Å². The van der Waals surface area contributed by atoms with Crippen molar-refractivity contribution in [2.24, 2.45) is 0 Å². The van der Waals surface area contributed by atoms with E-state index in [0.717, 1.165) is 25.7 Å². The molecule has 0 spiro atoms. The number of rotatable bonds is 5. The number of hydrogen-bond acceptors (Lipinski definition) is 4. The summed E-state index contributed by atoms with van der Waals surface area (Å²) < 4.78 is 5.21. The lowest BCUT2D eigenvalue weighted by Crippen LogP contribution is -2.36. The average Bonchev–Trinajstić information content (AvgIpc) is 2.48. The lowest BCUT2D eigenvalue weighted by atomic mass is 9.95. The highest BCUT2D eigenvalue weighted by Crippen LogP contribution is 2.28. The molecule has 0 aliphatic heterocycles. The lowest BCUT2D eigenvalue weighted by molar-refractivity contribution is -0.385. The van der Waals surface area contributed by atoms with Crippen LogP contribution in [0.1, 0.15) is 49.4 Å². The van der Waals surface area contributed by atoms with Crippen LogP contribution in [0.5, 0.6) is 5.75 Å². The molecule has 0 heterocycles. The third kappa shape index (κ3) is 3.93. The first-order valence-electron chi connectivity index (χ1n) is 7.34. The highest BCUT2D eigenvalue weighted by molar-refractivity contribution is 5.95. The van der Waals surface area contributed by atoms with Gasteiger partial charge in [0, 0.05) is 17.7 Å². The molecule has 21 heavy (non-hydrogen) atoms. The van der Waals surface area contributed by atoms with E-state index in [1.54, 1.807) is 13.0 Å². The second-order valence-corrected chi connectivity index (χ2v) is 5.18. The molecule has 0 aromatic heterocycles. The molecule has 1 N–H and O–H groups in total. The Balaban J connectivity index is 2.13. The molecule has 0 unspecified atom stereocenters. The van der Waals surface area contributed by atoms with Crippen molar-refractivity contribution < 1.29 is 14.5 Å². The zero-order chi connectivity index (χ0) is 15.2. The Kier molecular flexibility index (Phi) is 5.14. The standard InChI is InChI=1S/C15H20N2O4/c1-2-21-14-9-8-11(10-13(14)17(19)20)15(18)16-12-6-4-3-5-7-12/h8-10,12H,2-7H2,1H3,(H,16,18). The summed E-state index contributed by atoms with van der Waals surface area (Å²) in [5.41, 5.74) is 0.129. The molecule has 0 saturated heterocycles. The van der Waals surface area contributed by atoms with Gasteiger partial charge in [0.1, 0.15) is 0 Å². The molecular formula is C15H20N2O4. The second-order valence-electron chi connectivity index (χ2n) is 5.18. The molecule has 1 aromatic carbocycles. The van der Waals surface area contributed by atoms with Crippen molar-refractivity contribution in [3.8, 4) is 5.75 Å². The fraction of sp³-hybridized carbons (Fsp3) is 0.533. The van der Waals surface area contributed by atoms with Gasteiger partial charge < -0.3 is 10.1 Å². The molecule has 6 nitrogen and oxygen atoms in total. The summed E-state index contributed by atoms with van der Waals surface area (Å²) in [6.45, 7) is 2.10. The predicted octanol–water partition coefficient (Wildman–Crippen LogP) is 3.06. The first-order valence-corrected chi connectivity index (χ1v) is 7.34. The van der Waals surface area contributed by atoms with Crippen molar-refractivity contribution in [3.63, 3.8) is 0 Å². The molecule has 0 bridgehead atoms. The third-order valence-electron chi connectivity index (χ3n) is 3.66. The number of nitrogens with one attached hydrogen (secondary N) is 1. The van der Waals surface area contributed by atoms with Crippen molar-refractivity contribution in [3.05, 3.63) is 33.9 Å². The number of carbonyl (C=O) groups excluding carboxylic acids is 1. The molecule has 1 aliphatic rings. The van der Waals surface area contributed by atoms with Crippen LogP contribution in [0.25, 0.3) is 0 Å². The minimum Gasteiger partial charge on any atom is -0.487 e. The number of benzene rings is 1. The average molecular weight is 292 g/mol. The van der Waals surface area contributed by atoms with Gasteiger partial charge in [-0.25, -0.2) is 0 Å². The van der Waals surface area contributed by atoms with Gasteiger partial charge in [0.2, 0.25) is 0 Å². The van der Waals surface area contributed by atoms with E-state index in [4.69, 9.17) is 4.74 Å². The predicted molar refractivity (Wildman–Crippen MR) is 78.6 cm³/mol. The van der Waals surface area contributed by atoms with Gasteiger partial charge in [-0.1, -0.05) is 19.3 Å². The number of nitrogens with zero attached hydrogens (tertiary/aromatic N) is 1. The first-order chi connectivity index (χ1) is 10.1. The monoisotopic (exact) mass is 292 g/mol. The largest absolute Gasteiger partial charge is 0.487 e. The summed E-state index contributed by atoms with van der Waals surface area (Å²) in [6, 6.07) is 4.51. The maximum atomic E-state index is 12.2. The van der Waals surface area contributed by atoms with E-state index in [-0.39, 0.29) is 23.4 Å². The third-order valence-corrected chi connectivity index (χ3v) is 3.66. The zero-order valence-corrected chi connectivity index (χ0v) is 12.1. The summed E-state index contributed by atoms with van der Waals surface area (Å²) >= 11 is 0. The van der Waals surface area contributed by atoms with Gasteiger partial charge in [0.05, 0.1) is 11.5 Å². The van der Waals surface area contributed by atoms with Crippen molar-refractivity contribution in [2.45, 2.75) is 45.1 Å². The van der Waals surface area contributed by atoms with Crippen molar-refractivity contribution in [2.75, 3.05) is 6.61 Å². The molecule has 6 heteroatoms. The van der Waals surface area contributed by atoms with Crippen molar-refractivity contribution in [1.82, 2.24) is 5.32 Å². The van der Waals surface area contributed by atoms with Crippen LogP contribution < -0.4 is 10.1 Å². The van der Waals surface area contributed by atoms with E-state index in [1.165, 1.54) is 18.6 Å². The number of nitro benzene ring substituents is 1. The quantitative estimate of drug-likeness (QED) is 0.668. The fourth-order valence-corrected chi connectivity index (χ4v) is 2.59. The normalized spacial score (nSPS) is 15.5. The molecule has 1 aromatic rings. The van der Waals surface area contributed by atoms with E-state index < -0.39 is 4.92 Å². The molecule has 1 fully saturated rings. The van der Waals surface area contributed by atoms with Crippen LogP contribution in [0.4, 0.5) is 5.69 Å². The van der Waals surface area contributed by atoms with Crippen LogP contribution >= 0.6 is 0 Å². The van der Waals surface area contributed by atoms with Gasteiger partial charge in [-0.15, -0.1) is 0 Å². The summed E-state index contributed by atoms with van der Waals surface area (Å²) in [5, 5.41) is 14.0. The summed E-state index contributed by atoms with van der Waals surface area (Å²) in [4.78, 5) is 22.7. The minimum atomic E-state index is -0.525. The van der Waals surface area contributed by atoms with Crippen LogP contribution in [0, 0.1) is 10.1 Å². The molecule has 0 atom stereocenters. The fourth-order valence-electron chi connectivity index (χ4n) is 2.59. The van der Waals surface area contributed by atoms with Crippen LogP contribution in [-0.2, 0) is 0 Å². The maximum Gasteiger partial charge on any atom is 0.311 e. The van der Waals surface area contributed by atoms with E-state index >= 15 is 0 Å². The number of ether oxygens (including phenoxy) is 1. The Morgan fingerprint density at radius 3 is 2.71 bits per heavy atom. The van der Waals surface area contributed by atoms with Crippen LogP contribution in [0.2, 0.25) is 0 Å². The highest BCUT2D eigenvalue weighted by atomic mass is 16.6. The van der Waals surface area contributed by atoms with Crippen LogP contribution in [-0.4, -0.2) is 23.5 Å². The smallest absolute Gasteiger partial charge is 0.311 e. The Morgan fingerprint density at radius 1 is 1.38 bits per heavy atom. The van der Waals surface area contributed by atoms with Crippen LogP contribution in [0.3, 0.4) is 0 Å². The lowest BCUT2D eigenvalue weighted by Gasteiger charge is -2.22. The van der Waals surface area contributed by atoms with Gasteiger partial charge in [-0.3, -0.25) is 14.9 Å². The Hall–Kier alpha value is -2.11. The summed E-state index contributed by atoms with van der Waals surface area (Å²) in [5.74, 6) is -0.0650. The number of amides is 1. The van der Waals surface area contributed by atoms with E-state index in [2.05, 4.69) is 5.32 Å². The summed E-state index contributed by atoms with van der Waals surface area (Å²) in [7, 11) is 0. The summed E-state index contributed by atoms with van der Waals surface area (Å²) in [6.07, 6.45) is 5.40. The number of hydrogen-bond donors (Lipinski definition) is 1. The van der Waals surface area contributed by atoms with Crippen LogP contribution in [0.15, 0.2) is 18.2 Å². The number of nitro groups is 1. The van der Waals surface area contributed by atoms with Crippen molar-refractivity contribution in [1.29, 1.82) is 0 Å². The Bertz CT molecular complexity index is 524. The zero-order valence-electron chi connectivity index (χ0n) is 12.1. The molecule has 1 amide bonds. The first kappa shape index (κ1) is 15.3. The maximum absolute atomic E-state index is 12.2. The Morgan fingerprint density at radius 2 is 2.10 bits per heavy atom. The molecule has 114 valence electrons. The molecule has 2 rings (SSSR count). The van der Waals surface area contributed by atoms with Gasteiger partial charge in [0.25, 0.3) is 5.91 Å². The molecule has 1 aliphatic carbocycles. The Labute approximate surface area is 123 Å². The van der Waals surface area contributed by atoms with E-state index in [1.807, 2.05) is 0 Å². The minimum absolute atomic E-state index is 0.173. The topological polar surface area (TPSA) is 81.5 Å². The molecular weight excluding hydrogens is 272 g/mol. The SMILES string of the molecule is CCOc1ccc(C(=O)NC2CCCCC2)cc1[N+](=O)[O-].